The van der Waals surface area contributed by atoms with Crippen LogP contribution in [0, 0.1) is 13.8 Å². The zero-order valence-corrected chi connectivity index (χ0v) is 10.9. The molecule has 5 nitrogen and oxygen atoms in total. The van der Waals surface area contributed by atoms with E-state index in [1.165, 1.54) is 0 Å². The van der Waals surface area contributed by atoms with E-state index in [-0.39, 0.29) is 6.04 Å². The smallest absolute Gasteiger partial charge is 0.147 e. The van der Waals surface area contributed by atoms with Gasteiger partial charge in [-0.25, -0.2) is 9.67 Å². The predicted molar refractivity (Wildman–Crippen MR) is 69.4 cm³/mol. The standard InChI is InChI=1S/C13H18N4O/c1-9-15-10(2)17(16-9)8-13(14)11-4-6-12(18-3)7-5-11/h4-7,13H,8,14H2,1-3H3. The summed E-state index contributed by atoms with van der Waals surface area (Å²) in [5.41, 5.74) is 7.23. The third-order valence-corrected chi connectivity index (χ3v) is 2.88. The summed E-state index contributed by atoms with van der Waals surface area (Å²) in [4.78, 5) is 4.26. The molecule has 0 aliphatic rings. The van der Waals surface area contributed by atoms with E-state index in [1.54, 1.807) is 7.11 Å². The Balaban J connectivity index is 2.11. The molecule has 2 aromatic rings. The van der Waals surface area contributed by atoms with Gasteiger partial charge in [0.2, 0.25) is 0 Å². The highest BCUT2D eigenvalue weighted by Gasteiger charge is 2.10. The third-order valence-electron chi connectivity index (χ3n) is 2.88. The molecular formula is C13H18N4O. The number of aromatic nitrogens is 3. The Hall–Kier alpha value is -1.88. The monoisotopic (exact) mass is 246 g/mol. The molecule has 1 aromatic heterocycles. The molecule has 1 atom stereocenters. The average Bonchev–Trinajstić information content (AvgIpc) is 2.68. The van der Waals surface area contributed by atoms with Crippen molar-refractivity contribution in [1.29, 1.82) is 0 Å². The maximum atomic E-state index is 6.17. The number of nitrogens with zero attached hydrogens (tertiary/aromatic N) is 3. The summed E-state index contributed by atoms with van der Waals surface area (Å²) < 4.78 is 6.96. The van der Waals surface area contributed by atoms with Gasteiger partial charge in [-0.1, -0.05) is 12.1 Å². The van der Waals surface area contributed by atoms with Gasteiger partial charge in [0, 0.05) is 6.04 Å². The van der Waals surface area contributed by atoms with Crippen LogP contribution in [0.5, 0.6) is 5.75 Å². The molecule has 0 amide bonds. The Kier molecular flexibility index (Phi) is 3.62. The molecule has 1 aromatic carbocycles. The lowest BCUT2D eigenvalue weighted by Crippen LogP contribution is -2.19. The summed E-state index contributed by atoms with van der Waals surface area (Å²) >= 11 is 0. The molecule has 1 unspecified atom stereocenters. The van der Waals surface area contributed by atoms with Crippen LogP contribution in [0.1, 0.15) is 23.3 Å². The van der Waals surface area contributed by atoms with Crippen molar-refractivity contribution < 1.29 is 4.74 Å². The van der Waals surface area contributed by atoms with Gasteiger partial charge in [-0.05, 0) is 31.5 Å². The van der Waals surface area contributed by atoms with Gasteiger partial charge in [0.25, 0.3) is 0 Å². The Morgan fingerprint density at radius 3 is 2.44 bits per heavy atom. The molecule has 2 rings (SSSR count). The number of hydrogen-bond acceptors (Lipinski definition) is 4. The lowest BCUT2D eigenvalue weighted by atomic mass is 10.1. The van der Waals surface area contributed by atoms with Crippen LogP contribution in [-0.2, 0) is 6.54 Å². The van der Waals surface area contributed by atoms with E-state index in [2.05, 4.69) is 10.1 Å². The molecule has 0 aliphatic carbocycles. The summed E-state index contributed by atoms with van der Waals surface area (Å²) in [6, 6.07) is 7.67. The summed E-state index contributed by atoms with van der Waals surface area (Å²) in [5, 5.41) is 4.31. The number of methoxy groups -OCH3 is 1. The maximum Gasteiger partial charge on any atom is 0.147 e. The second-order valence-electron chi connectivity index (χ2n) is 4.27. The fourth-order valence-electron chi connectivity index (χ4n) is 1.88. The van der Waals surface area contributed by atoms with Gasteiger partial charge < -0.3 is 10.5 Å². The van der Waals surface area contributed by atoms with Gasteiger partial charge in [0.15, 0.2) is 0 Å². The second kappa shape index (κ2) is 5.18. The fraction of sp³-hybridized carbons (Fsp3) is 0.385. The number of rotatable bonds is 4. The summed E-state index contributed by atoms with van der Waals surface area (Å²) in [6.45, 7) is 4.43. The molecule has 0 saturated carbocycles. The molecule has 96 valence electrons. The number of nitrogens with two attached hydrogens (primary N) is 1. The van der Waals surface area contributed by atoms with Gasteiger partial charge >= 0.3 is 0 Å². The van der Waals surface area contributed by atoms with E-state index in [0.29, 0.717) is 6.54 Å². The minimum Gasteiger partial charge on any atom is -0.497 e. The molecule has 0 radical (unpaired) electrons. The molecule has 0 bridgehead atoms. The number of ether oxygens (including phenoxy) is 1. The van der Waals surface area contributed by atoms with Crippen LogP contribution >= 0.6 is 0 Å². The zero-order valence-electron chi connectivity index (χ0n) is 10.9. The topological polar surface area (TPSA) is 66.0 Å². The second-order valence-corrected chi connectivity index (χ2v) is 4.27. The third kappa shape index (κ3) is 2.68. The van der Waals surface area contributed by atoms with Gasteiger partial charge in [-0.3, -0.25) is 0 Å². The van der Waals surface area contributed by atoms with Crippen LogP contribution in [0.25, 0.3) is 0 Å². The van der Waals surface area contributed by atoms with E-state index < -0.39 is 0 Å². The van der Waals surface area contributed by atoms with Crippen LogP contribution in [0.2, 0.25) is 0 Å². The Morgan fingerprint density at radius 1 is 1.28 bits per heavy atom. The van der Waals surface area contributed by atoms with Crippen molar-refractivity contribution in [2.24, 2.45) is 5.73 Å². The molecule has 18 heavy (non-hydrogen) atoms. The van der Waals surface area contributed by atoms with Crippen LogP contribution in [0.4, 0.5) is 0 Å². The maximum absolute atomic E-state index is 6.17. The van der Waals surface area contributed by atoms with Gasteiger partial charge in [0.05, 0.1) is 13.7 Å². The summed E-state index contributed by atoms with van der Waals surface area (Å²) in [6.07, 6.45) is 0. The quantitative estimate of drug-likeness (QED) is 0.890. The lowest BCUT2D eigenvalue weighted by Gasteiger charge is -2.13. The van der Waals surface area contributed by atoms with E-state index in [1.807, 2.05) is 42.8 Å². The Morgan fingerprint density at radius 2 is 1.94 bits per heavy atom. The van der Waals surface area contributed by atoms with Gasteiger partial charge in [-0.15, -0.1) is 0 Å². The SMILES string of the molecule is COc1ccc(C(N)Cn2nc(C)nc2C)cc1. The minimum absolute atomic E-state index is 0.101. The highest BCUT2D eigenvalue weighted by atomic mass is 16.5. The van der Waals surface area contributed by atoms with E-state index >= 15 is 0 Å². The van der Waals surface area contributed by atoms with Crippen molar-refractivity contribution in [3.8, 4) is 5.75 Å². The highest BCUT2D eigenvalue weighted by molar-refractivity contribution is 5.28. The first-order valence-electron chi connectivity index (χ1n) is 5.87. The van der Waals surface area contributed by atoms with E-state index in [4.69, 9.17) is 10.5 Å². The molecule has 2 N–H and O–H groups in total. The zero-order chi connectivity index (χ0) is 13.1. The van der Waals surface area contributed by atoms with Crippen LogP contribution in [-0.4, -0.2) is 21.9 Å². The van der Waals surface area contributed by atoms with Crippen LogP contribution < -0.4 is 10.5 Å². The molecular weight excluding hydrogens is 228 g/mol. The molecule has 1 heterocycles. The predicted octanol–water partition coefficient (Wildman–Crippen LogP) is 1.60. The van der Waals surface area contributed by atoms with Crippen molar-refractivity contribution in [2.45, 2.75) is 26.4 Å². The van der Waals surface area contributed by atoms with Crippen molar-refractivity contribution in [3.05, 3.63) is 41.5 Å². The highest BCUT2D eigenvalue weighted by Crippen LogP contribution is 2.17. The molecule has 0 spiro atoms. The Labute approximate surface area is 107 Å². The van der Waals surface area contributed by atoms with E-state index in [0.717, 1.165) is 23.0 Å². The van der Waals surface area contributed by atoms with Crippen molar-refractivity contribution >= 4 is 0 Å². The fourth-order valence-corrected chi connectivity index (χ4v) is 1.88. The normalized spacial score (nSPS) is 12.4. The molecule has 0 aliphatic heterocycles. The van der Waals surface area contributed by atoms with Gasteiger partial charge in [0.1, 0.15) is 17.4 Å². The van der Waals surface area contributed by atoms with Crippen molar-refractivity contribution in [3.63, 3.8) is 0 Å². The summed E-state index contributed by atoms with van der Waals surface area (Å²) in [5.74, 6) is 2.49. The first kappa shape index (κ1) is 12.6. The minimum atomic E-state index is -0.101. The Bertz CT molecular complexity index is 518. The van der Waals surface area contributed by atoms with Gasteiger partial charge in [-0.2, -0.15) is 5.10 Å². The summed E-state index contributed by atoms with van der Waals surface area (Å²) in [7, 11) is 1.65. The van der Waals surface area contributed by atoms with Crippen LogP contribution in [0.3, 0.4) is 0 Å². The number of aryl methyl sites for hydroxylation is 2. The first-order chi connectivity index (χ1) is 8.60. The van der Waals surface area contributed by atoms with E-state index in [9.17, 15) is 0 Å². The number of hydrogen-bond donors (Lipinski definition) is 1. The molecule has 5 heteroatoms. The number of benzene rings is 1. The first-order valence-corrected chi connectivity index (χ1v) is 5.87. The van der Waals surface area contributed by atoms with Crippen molar-refractivity contribution in [2.75, 3.05) is 7.11 Å². The lowest BCUT2D eigenvalue weighted by molar-refractivity contribution is 0.414. The largest absolute Gasteiger partial charge is 0.497 e. The van der Waals surface area contributed by atoms with Crippen LogP contribution in [0.15, 0.2) is 24.3 Å². The molecule has 0 fully saturated rings. The molecule has 0 saturated heterocycles. The van der Waals surface area contributed by atoms with Crippen molar-refractivity contribution in [1.82, 2.24) is 14.8 Å². The average molecular weight is 246 g/mol.